The van der Waals surface area contributed by atoms with Crippen molar-refractivity contribution in [1.82, 2.24) is 10.2 Å². The SMILES string of the molecule is CN(C)CCCCNCc1ccsc1C(=O)O. The van der Waals surface area contributed by atoms with Crippen LogP contribution in [0.1, 0.15) is 28.1 Å². The molecule has 0 aliphatic heterocycles. The fourth-order valence-corrected chi connectivity index (χ4v) is 2.32. The van der Waals surface area contributed by atoms with Crippen LogP contribution in [0.3, 0.4) is 0 Å². The summed E-state index contributed by atoms with van der Waals surface area (Å²) >= 11 is 1.28. The van der Waals surface area contributed by atoms with Crippen molar-refractivity contribution >= 4 is 17.3 Å². The highest BCUT2D eigenvalue weighted by atomic mass is 32.1. The first-order valence-corrected chi connectivity index (χ1v) is 6.64. The summed E-state index contributed by atoms with van der Waals surface area (Å²) in [5, 5.41) is 14.0. The number of hydrogen-bond donors (Lipinski definition) is 2. The Labute approximate surface area is 106 Å². The molecule has 1 aromatic rings. The molecule has 0 aromatic carbocycles. The first kappa shape index (κ1) is 14.2. The van der Waals surface area contributed by atoms with Crippen molar-refractivity contribution in [3.05, 3.63) is 21.9 Å². The Morgan fingerprint density at radius 1 is 1.47 bits per heavy atom. The van der Waals surface area contributed by atoms with E-state index in [0.29, 0.717) is 11.4 Å². The van der Waals surface area contributed by atoms with Crippen molar-refractivity contribution < 1.29 is 9.90 Å². The smallest absolute Gasteiger partial charge is 0.346 e. The van der Waals surface area contributed by atoms with E-state index >= 15 is 0 Å². The summed E-state index contributed by atoms with van der Waals surface area (Å²) in [4.78, 5) is 13.5. The zero-order chi connectivity index (χ0) is 12.7. The van der Waals surface area contributed by atoms with Gasteiger partial charge in [-0.3, -0.25) is 0 Å². The standard InChI is InChI=1S/C12H20N2O2S/c1-14(2)7-4-3-6-13-9-10-5-8-17-11(10)12(15)16/h5,8,13H,3-4,6-7,9H2,1-2H3,(H,15,16). The number of aromatic carboxylic acids is 1. The zero-order valence-corrected chi connectivity index (χ0v) is 11.2. The van der Waals surface area contributed by atoms with Gasteiger partial charge in [0.25, 0.3) is 0 Å². The molecular formula is C12H20N2O2S. The zero-order valence-electron chi connectivity index (χ0n) is 10.4. The van der Waals surface area contributed by atoms with Crippen molar-refractivity contribution in [1.29, 1.82) is 0 Å². The fraction of sp³-hybridized carbons (Fsp3) is 0.583. The highest BCUT2D eigenvalue weighted by Gasteiger charge is 2.10. The fourth-order valence-electron chi connectivity index (χ4n) is 1.56. The average molecular weight is 256 g/mol. The first-order valence-electron chi connectivity index (χ1n) is 5.76. The number of rotatable bonds is 8. The van der Waals surface area contributed by atoms with Gasteiger partial charge in [0.2, 0.25) is 0 Å². The van der Waals surface area contributed by atoms with Crippen LogP contribution in [-0.4, -0.2) is 43.2 Å². The summed E-state index contributed by atoms with van der Waals surface area (Å²) in [6.07, 6.45) is 2.28. The number of thiophene rings is 1. The van der Waals surface area contributed by atoms with Gasteiger partial charge in [0.05, 0.1) is 0 Å². The quantitative estimate of drug-likeness (QED) is 0.697. The second-order valence-corrected chi connectivity index (χ2v) is 5.18. The molecular weight excluding hydrogens is 236 g/mol. The van der Waals surface area contributed by atoms with Crippen LogP contribution in [0.4, 0.5) is 0 Å². The van der Waals surface area contributed by atoms with Gasteiger partial charge in [-0.1, -0.05) is 0 Å². The van der Waals surface area contributed by atoms with E-state index in [9.17, 15) is 4.79 Å². The van der Waals surface area contributed by atoms with Crippen LogP contribution in [-0.2, 0) is 6.54 Å². The summed E-state index contributed by atoms with van der Waals surface area (Å²) in [6.45, 7) is 2.68. The minimum absolute atomic E-state index is 0.450. The molecule has 2 N–H and O–H groups in total. The third-order valence-electron chi connectivity index (χ3n) is 2.47. The molecule has 0 saturated carbocycles. The second-order valence-electron chi connectivity index (χ2n) is 4.27. The predicted molar refractivity (Wildman–Crippen MR) is 70.8 cm³/mol. The Morgan fingerprint density at radius 2 is 2.24 bits per heavy atom. The molecule has 0 fully saturated rings. The molecule has 96 valence electrons. The summed E-state index contributed by atoms with van der Waals surface area (Å²) in [5.74, 6) is -0.829. The predicted octanol–water partition coefficient (Wildman–Crippen LogP) is 1.88. The molecule has 1 aromatic heterocycles. The number of hydrogen-bond acceptors (Lipinski definition) is 4. The van der Waals surface area contributed by atoms with E-state index in [2.05, 4.69) is 24.3 Å². The van der Waals surface area contributed by atoms with Crippen molar-refractivity contribution in [2.75, 3.05) is 27.2 Å². The van der Waals surface area contributed by atoms with Crippen LogP contribution in [0.2, 0.25) is 0 Å². The van der Waals surface area contributed by atoms with Crippen LogP contribution in [0.25, 0.3) is 0 Å². The van der Waals surface area contributed by atoms with E-state index in [1.54, 1.807) is 0 Å². The lowest BCUT2D eigenvalue weighted by atomic mass is 10.2. The molecule has 4 nitrogen and oxygen atoms in total. The highest BCUT2D eigenvalue weighted by Crippen LogP contribution is 2.16. The van der Waals surface area contributed by atoms with Gasteiger partial charge in [0, 0.05) is 6.54 Å². The van der Waals surface area contributed by atoms with E-state index in [4.69, 9.17) is 5.11 Å². The largest absolute Gasteiger partial charge is 0.477 e. The Balaban J connectivity index is 2.18. The summed E-state index contributed by atoms with van der Waals surface area (Å²) in [6, 6.07) is 1.88. The maximum Gasteiger partial charge on any atom is 0.346 e. The number of carboxylic acid groups (broad SMARTS) is 1. The minimum atomic E-state index is -0.829. The summed E-state index contributed by atoms with van der Waals surface area (Å²) < 4.78 is 0. The van der Waals surface area contributed by atoms with Crippen LogP contribution in [0, 0.1) is 0 Å². The molecule has 1 rings (SSSR count). The molecule has 0 atom stereocenters. The van der Waals surface area contributed by atoms with Gasteiger partial charge >= 0.3 is 5.97 Å². The van der Waals surface area contributed by atoms with E-state index in [-0.39, 0.29) is 0 Å². The maximum atomic E-state index is 10.9. The Morgan fingerprint density at radius 3 is 2.88 bits per heavy atom. The normalized spacial score (nSPS) is 11.0. The Hall–Kier alpha value is -0.910. The van der Waals surface area contributed by atoms with Crippen molar-refractivity contribution in [3.63, 3.8) is 0 Å². The Bertz CT molecular complexity index is 350. The molecule has 0 aliphatic rings. The highest BCUT2D eigenvalue weighted by molar-refractivity contribution is 7.12. The third kappa shape index (κ3) is 5.30. The maximum absolute atomic E-state index is 10.9. The minimum Gasteiger partial charge on any atom is -0.477 e. The molecule has 0 amide bonds. The molecule has 0 aliphatic carbocycles. The van der Waals surface area contributed by atoms with Gasteiger partial charge in [-0.2, -0.15) is 0 Å². The lowest BCUT2D eigenvalue weighted by Crippen LogP contribution is -2.18. The lowest BCUT2D eigenvalue weighted by Gasteiger charge is -2.09. The second kappa shape index (κ2) is 7.42. The van der Waals surface area contributed by atoms with Crippen LogP contribution < -0.4 is 5.32 Å². The molecule has 0 saturated heterocycles. The monoisotopic (exact) mass is 256 g/mol. The van der Waals surface area contributed by atoms with Gasteiger partial charge in [0.15, 0.2) is 0 Å². The van der Waals surface area contributed by atoms with E-state index in [1.807, 2.05) is 11.4 Å². The molecule has 17 heavy (non-hydrogen) atoms. The van der Waals surface area contributed by atoms with Gasteiger partial charge in [-0.25, -0.2) is 4.79 Å². The van der Waals surface area contributed by atoms with Crippen molar-refractivity contribution in [2.24, 2.45) is 0 Å². The number of nitrogens with zero attached hydrogens (tertiary/aromatic N) is 1. The van der Waals surface area contributed by atoms with Crippen molar-refractivity contribution in [3.8, 4) is 0 Å². The van der Waals surface area contributed by atoms with E-state index < -0.39 is 5.97 Å². The molecule has 0 bridgehead atoms. The average Bonchev–Trinajstić information content (AvgIpc) is 2.71. The van der Waals surface area contributed by atoms with Gasteiger partial charge < -0.3 is 15.3 Å². The van der Waals surface area contributed by atoms with E-state index in [1.165, 1.54) is 11.3 Å². The molecule has 0 unspecified atom stereocenters. The first-order chi connectivity index (χ1) is 8.11. The molecule has 0 radical (unpaired) electrons. The van der Waals surface area contributed by atoms with Gasteiger partial charge in [-0.05, 0) is 57.0 Å². The van der Waals surface area contributed by atoms with Gasteiger partial charge in [-0.15, -0.1) is 11.3 Å². The topological polar surface area (TPSA) is 52.6 Å². The number of unbranched alkanes of at least 4 members (excludes halogenated alkanes) is 1. The molecule has 0 spiro atoms. The van der Waals surface area contributed by atoms with Gasteiger partial charge in [0.1, 0.15) is 4.88 Å². The van der Waals surface area contributed by atoms with Crippen molar-refractivity contribution in [2.45, 2.75) is 19.4 Å². The Kier molecular flexibility index (Phi) is 6.18. The lowest BCUT2D eigenvalue weighted by molar-refractivity contribution is 0.0701. The molecule has 5 heteroatoms. The van der Waals surface area contributed by atoms with Crippen LogP contribution in [0.5, 0.6) is 0 Å². The van der Waals surface area contributed by atoms with Crippen LogP contribution >= 0.6 is 11.3 Å². The third-order valence-corrected chi connectivity index (χ3v) is 3.41. The van der Waals surface area contributed by atoms with Crippen LogP contribution in [0.15, 0.2) is 11.4 Å². The summed E-state index contributed by atoms with van der Waals surface area (Å²) in [7, 11) is 4.13. The molecule has 1 heterocycles. The number of carboxylic acids is 1. The number of nitrogens with one attached hydrogen (secondary N) is 1. The summed E-state index contributed by atoms with van der Waals surface area (Å²) in [5.41, 5.74) is 0.884. The number of carbonyl (C=O) groups is 1. The van der Waals surface area contributed by atoms with E-state index in [0.717, 1.165) is 31.5 Å².